The van der Waals surface area contributed by atoms with E-state index >= 15 is 0 Å². The van der Waals surface area contributed by atoms with Crippen LogP contribution in [-0.2, 0) is 0 Å². The van der Waals surface area contributed by atoms with E-state index in [2.05, 4.69) is 15.3 Å². The molecule has 0 saturated heterocycles. The van der Waals surface area contributed by atoms with Crippen molar-refractivity contribution >= 4 is 11.6 Å². The maximum atomic E-state index is 11.0. The third-order valence-corrected chi connectivity index (χ3v) is 2.47. The molecule has 1 aromatic heterocycles. The molecule has 0 aliphatic heterocycles. The number of nitrogens with one attached hydrogen (secondary N) is 1. The first kappa shape index (κ1) is 13.7. The van der Waals surface area contributed by atoms with E-state index in [-0.39, 0.29) is 11.6 Å². The van der Waals surface area contributed by atoms with Gasteiger partial charge in [0.05, 0.1) is 4.92 Å². The van der Waals surface area contributed by atoms with Gasteiger partial charge in [-0.2, -0.15) is 4.98 Å². The highest BCUT2D eigenvalue weighted by Gasteiger charge is 2.19. The van der Waals surface area contributed by atoms with Crippen LogP contribution in [0.5, 0.6) is 11.6 Å². The van der Waals surface area contributed by atoms with Gasteiger partial charge in [-0.1, -0.05) is 12.1 Å². The van der Waals surface area contributed by atoms with Crippen molar-refractivity contribution in [2.45, 2.75) is 13.8 Å². The van der Waals surface area contributed by atoms with Gasteiger partial charge >= 0.3 is 11.6 Å². The second-order valence-corrected chi connectivity index (χ2v) is 4.09. The summed E-state index contributed by atoms with van der Waals surface area (Å²) in [4.78, 5) is 18.3. The zero-order valence-corrected chi connectivity index (χ0v) is 11.2. The minimum atomic E-state index is -0.569. The summed E-state index contributed by atoms with van der Waals surface area (Å²) in [7, 11) is 0. The molecular weight excluding hydrogens is 260 g/mol. The fraction of sp³-hybridized carbons (Fsp3) is 0.231. The van der Waals surface area contributed by atoms with Gasteiger partial charge in [-0.3, -0.25) is 10.1 Å². The van der Waals surface area contributed by atoms with Gasteiger partial charge in [0.1, 0.15) is 11.9 Å². The summed E-state index contributed by atoms with van der Waals surface area (Å²) in [6.45, 7) is 4.40. The van der Waals surface area contributed by atoms with Gasteiger partial charge in [-0.25, -0.2) is 4.98 Å². The van der Waals surface area contributed by atoms with Crippen LogP contribution in [0.1, 0.15) is 12.5 Å². The fourth-order valence-corrected chi connectivity index (χ4v) is 1.59. The number of rotatable bonds is 5. The highest BCUT2D eigenvalue weighted by atomic mass is 16.6. The smallest absolute Gasteiger partial charge is 0.349 e. The number of hydrogen-bond donors (Lipinski definition) is 1. The van der Waals surface area contributed by atoms with Crippen LogP contribution in [0, 0.1) is 17.0 Å². The summed E-state index contributed by atoms with van der Waals surface area (Å²) in [6, 6.07) is 7.21. The third kappa shape index (κ3) is 3.19. The van der Waals surface area contributed by atoms with Crippen molar-refractivity contribution in [1.29, 1.82) is 0 Å². The zero-order chi connectivity index (χ0) is 14.5. The lowest BCUT2D eigenvalue weighted by Crippen LogP contribution is -2.05. The Hall–Kier alpha value is -2.70. The number of nitrogens with zero attached hydrogens (tertiary/aromatic N) is 3. The molecule has 2 rings (SSSR count). The molecule has 0 fully saturated rings. The van der Waals surface area contributed by atoms with E-state index in [1.54, 1.807) is 12.1 Å². The average Bonchev–Trinajstić information content (AvgIpc) is 2.39. The van der Waals surface area contributed by atoms with E-state index in [1.807, 2.05) is 26.0 Å². The van der Waals surface area contributed by atoms with Crippen molar-refractivity contribution in [3.63, 3.8) is 0 Å². The largest absolute Gasteiger partial charge is 0.434 e. The molecule has 7 heteroatoms. The number of hydrogen-bond acceptors (Lipinski definition) is 6. The van der Waals surface area contributed by atoms with Gasteiger partial charge < -0.3 is 10.1 Å². The van der Waals surface area contributed by atoms with E-state index < -0.39 is 4.92 Å². The summed E-state index contributed by atoms with van der Waals surface area (Å²) in [5, 5.41) is 13.9. The van der Waals surface area contributed by atoms with Crippen LogP contribution in [0.25, 0.3) is 0 Å². The Morgan fingerprint density at radius 2 is 2.25 bits per heavy atom. The predicted molar refractivity (Wildman–Crippen MR) is 74.1 cm³/mol. The normalized spacial score (nSPS) is 10.1. The number of benzene rings is 1. The molecule has 2 aromatic rings. The fourth-order valence-electron chi connectivity index (χ4n) is 1.59. The van der Waals surface area contributed by atoms with Gasteiger partial charge in [0.15, 0.2) is 0 Å². The van der Waals surface area contributed by atoms with Gasteiger partial charge in [-0.15, -0.1) is 0 Å². The molecule has 0 saturated carbocycles. The lowest BCUT2D eigenvalue weighted by atomic mass is 10.2. The van der Waals surface area contributed by atoms with Crippen molar-refractivity contribution in [2.75, 3.05) is 11.9 Å². The standard InChI is InChI=1S/C13H14N4O3/c1-3-14-13-15-8-11(17(18)19)12(16-13)20-10-6-4-5-9(2)7-10/h4-8H,3H2,1-2H3,(H,14,15,16). The van der Waals surface area contributed by atoms with Crippen LogP contribution in [0.15, 0.2) is 30.5 Å². The minimum absolute atomic E-state index is 0.0773. The molecule has 0 aliphatic rings. The first-order chi connectivity index (χ1) is 9.60. The first-order valence-corrected chi connectivity index (χ1v) is 6.10. The third-order valence-electron chi connectivity index (χ3n) is 2.47. The van der Waals surface area contributed by atoms with Gasteiger partial charge in [0, 0.05) is 6.54 Å². The Labute approximate surface area is 115 Å². The summed E-state index contributed by atoms with van der Waals surface area (Å²) >= 11 is 0. The number of aryl methyl sites for hydroxylation is 1. The summed E-state index contributed by atoms with van der Waals surface area (Å²) in [5.74, 6) is 0.710. The molecule has 1 N–H and O–H groups in total. The lowest BCUT2D eigenvalue weighted by molar-refractivity contribution is -0.386. The maximum absolute atomic E-state index is 11.0. The van der Waals surface area contributed by atoms with Crippen molar-refractivity contribution in [1.82, 2.24) is 9.97 Å². The Kier molecular flexibility index (Phi) is 4.09. The molecule has 0 amide bonds. The highest BCUT2D eigenvalue weighted by Crippen LogP contribution is 2.29. The molecule has 104 valence electrons. The SMILES string of the molecule is CCNc1ncc([N+](=O)[O-])c(Oc2cccc(C)c2)n1. The molecule has 0 unspecified atom stereocenters. The molecule has 7 nitrogen and oxygen atoms in total. The molecule has 1 heterocycles. The topological polar surface area (TPSA) is 90.2 Å². The monoisotopic (exact) mass is 274 g/mol. The summed E-state index contributed by atoms with van der Waals surface area (Å²) in [6.07, 6.45) is 1.14. The molecule has 0 atom stereocenters. The van der Waals surface area contributed by atoms with Crippen molar-refractivity contribution in [3.05, 3.63) is 46.1 Å². The molecule has 1 aromatic carbocycles. The number of anilines is 1. The Morgan fingerprint density at radius 3 is 2.90 bits per heavy atom. The Bertz CT molecular complexity index is 631. The van der Waals surface area contributed by atoms with Crippen LogP contribution in [0.2, 0.25) is 0 Å². The van der Waals surface area contributed by atoms with E-state index in [9.17, 15) is 10.1 Å². The second-order valence-electron chi connectivity index (χ2n) is 4.09. The molecular formula is C13H14N4O3. The Balaban J connectivity index is 2.36. The quantitative estimate of drug-likeness (QED) is 0.666. The maximum Gasteiger partial charge on any atom is 0.349 e. The van der Waals surface area contributed by atoms with Gasteiger partial charge in [0.25, 0.3) is 0 Å². The Morgan fingerprint density at radius 1 is 1.45 bits per heavy atom. The van der Waals surface area contributed by atoms with Crippen molar-refractivity contribution in [2.24, 2.45) is 0 Å². The second kappa shape index (κ2) is 5.96. The van der Waals surface area contributed by atoms with E-state index in [0.717, 1.165) is 11.8 Å². The van der Waals surface area contributed by atoms with Crippen LogP contribution >= 0.6 is 0 Å². The first-order valence-electron chi connectivity index (χ1n) is 6.10. The number of aromatic nitrogens is 2. The highest BCUT2D eigenvalue weighted by molar-refractivity contribution is 5.45. The lowest BCUT2D eigenvalue weighted by Gasteiger charge is -2.07. The van der Waals surface area contributed by atoms with Crippen molar-refractivity contribution in [3.8, 4) is 11.6 Å². The van der Waals surface area contributed by atoms with Gasteiger partial charge in [0.2, 0.25) is 5.95 Å². The molecule has 0 bridgehead atoms. The molecule has 0 spiro atoms. The van der Waals surface area contributed by atoms with Crippen molar-refractivity contribution < 1.29 is 9.66 Å². The number of ether oxygens (including phenoxy) is 1. The van der Waals surface area contributed by atoms with Crippen LogP contribution in [0.4, 0.5) is 11.6 Å². The molecule has 0 aliphatic carbocycles. The van der Waals surface area contributed by atoms with Crippen LogP contribution in [0.3, 0.4) is 0 Å². The molecule has 20 heavy (non-hydrogen) atoms. The van der Waals surface area contributed by atoms with Crippen LogP contribution < -0.4 is 10.1 Å². The number of nitro groups is 1. The van der Waals surface area contributed by atoms with E-state index in [0.29, 0.717) is 18.2 Å². The molecule has 0 radical (unpaired) electrons. The zero-order valence-electron chi connectivity index (χ0n) is 11.2. The predicted octanol–water partition coefficient (Wildman–Crippen LogP) is 2.92. The average molecular weight is 274 g/mol. The summed E-state index contributed by atoms with van der Waals surface area (Å²) in [5.41, 5.74) is 0.722. The van der Waals surface area contributed by atoms with E-state index in [4.69, 9.17) is 4.74 Å². The van der Waals surface area contributed by atoms with E-state index in [1.165, 1.54) is 0 Å². The summed E-state index contributed by atoms with van der Waals surface area (Å²) < 4.78 is 5.51. The van der Waals surface area contributed by atoms with Gasteiger partial charge in [-0.05, 0) is 31.5 Å². The minimum Gasteiger partial charge on any atom is -0.434 e. The van der Waals surface area contributed by atoms with Crippen LogP contribution in [-0.4, -0.2) is 21.4 Å².